The Hall–Kier alpha value is -1.39. The van der Waals surface area contributed by atoms with E-state index >= 15 is 0 Å². The molecule has 96 valence electrons. The number of para-hydroxylation sites is 1. The standard InChI is InChI=1S/C14H15FO3/c1-8-5-6-17-13(8)12(16)11-7-9-3-2-4-10(15)14(9)18-11/h2-4,7-8,12-13,16H,5-6H2,1H3. The summed E-state index contributed by atoms with van der Waals surface area (Å²) in [5.41, 5.74) is 0.192. The fourth-order valence-electron chi connectivity index (χ4n) is 2.48. The van der Waals surface area contributed by atoms with Crippen LogP contribution in [0.25, 0.3) is 11.0 Å². The largest absolute Gasteiger partial charge is 0.455 e. The molecule has 0 amide bonds. The van der Waals surface area contributed by atoms with Gasteiger partial charge in [-0.2, -0.15) is 0 Å². The van der Waals surface area contributed by atoms with Crippen molar-refractivity contribution in [2.45, 2.75) is 25.6 Å². The average molecular weight is 250 g/mol. The average Bonchev–Trinajstić information content (AvgIpc) is 2.95. The Morgan fingerprint density at radius 3 is 2.94 bits per heavy atom. The molecular formula is C14H15FO3. The summed E-state index contributed by atoms with van der Waals surface area (Å²) in [5.74, 6) is 0.234. The summed E-state index contributed by atoms with van der Waals surface area (Å²) in [7, 11) is 0. The SMILES string of the molecule is CC1CCOC1C(O)c1cc2cccc(F)c2o1. The Kier molecular flexibility index (Phi) is 2.84. The lowest BCUT2D eigenvalue weighted by Crippen LogP contribution is -2.22. The number of hydrogen-bond acceptors (Lipinski definition) is 3. The van der Waals surface area contributed by atoms with Crippen LogP contribution in [-0.4, -0.2) is 17.8 Å². The molecule has 3 atom stereocenters. The second-order valence-corrected chi connectivity index (χ2v) is 4.85. The van der Waals surface area contributed by atoms with Crippen LogP contribution >= 0.6 is 0 Å². The molecule has 1 N–H and O–H groups in total. The molecule has 3 nitrogen and oxygen atoms in total. The molecule has 3 rings (SSSR count). The molecule has 1 aromatic carbocycles. The van der Waals surface area contributed by atoms with E-state index in [0.29, 0.717) is 17.8 Å². The van der Waals surface area contributed by atoms with Crippen molar-refractivity contribution in [3.8, 4) is 0 Å². The highest BCUT2D eigenvalue weighted by molar-refractivity contribution is 5.78. The molecule has 2 heterocycles. The fraction of sp³-hybridized carbons (Fsp3) is 0.429. The van der Waals surface area contributed by atoms with E-state index in [4.69, 9.17) is 9.15 Å². The zero-order chi connectivity index (χ0) is 12.7. The summed E-state index contributed by atoms with van der Waals surface area (Å²) in [6, 6.07) is 6.41. The Morgan fingerprint density at radius 2 is 2.28 bits per heavy atom. The van der Waals surface area contributed by atoms with Crippen LogP contribution in [0.2, 0.25) is 0 Å². The van der Waals surface area contributed by atoms with Gasteiger partial charge < -0.3 is 14.3 Å². The van der Waals surface area contributed by atoms with Gasteiger partial charge in [0.1, 0.15) is 11.9 Å². The minimum Gasteiger partial charge on any atom is -0.455 e. The molecule has 0 bridgehead atoms. The summed E-state index contributed by atoms with van der Waals surface area (Å²) in [4.78, 5) is 0. The van der Waals surface area contributed by atoms with Crippen molar-refractivity contribution in [3.05, 3.63) is 35.8 Å². The van der Waals surface area contributed by atoms with Crippen LogP contribution in [0.1, 0.15) is 25.2 Å². The summed E-state index contributed by atoms with van der Waals surface area (Å²) in [6.45, 7) is 2.68. The van der Waals surface area contributed by atoms with E-state index in [9.17, 15) is 9.50 Å². The second-order valence-electron chi connectivity index (χ2n) is 4.85. The second kappa shape index (κ2) is 4.37. The third-order valence-corrected chi connectivity index (χ3v) is 3.56. The van der Waals surface area contributed by atoms with Gasteiger partial charge in [-0.3, -0.25) is 0 Å². The monoisotopic (exact) mass is 250 g/mol. The van der Waals surface area contributed by atoms with Crippen LogP contribution in [0.4, 0.5) is 4.39 Å². The number of rotatable bonds is 2. The minimum absolute atomic E-state index is 0.192. The lowest BCUT2D eigenvalue weighted by Gasteiger charge is -2.19. The van der Waals surface area contributed by atoms with Gasteiger partial charge in [0.2, 0.25) is 0 Å². The topological polar surface area (TPSA) is 42.6 Å². The van der Waals surface area contributed by atoms with Crippen molar-refractivity contribution < 1.29 is 18.7 Å². The van der Waals surface area contributed by atoms with Gasteiger partial charge in [-0.25, -0.2) is 4.39 Å². The molecule has 0 aliphatic carbocycles. The molecule has 2 aromatic rings. The van der Waals surface area contributed by atoms with Crippen LogP contribution in [0.15, 0.2) is 28.7 Å². The quantitative estimate of drug-likeness (QED) is 0.890. The van der Waals surface area contributed by atoms with Crippen molar-refractivity contribution in [1.29, 1.82) is 0 Å². The molecule has 0 radical (unpaired) electrons. The molecule has 1 aliphatic heterocycles. The number of fused-ring (bicyclic) bond motifs is 1. The number of halogens is 1. The summed E-state index contributed by atoms with van der Waals surface area (Å²) in [5, 5.41) is 10.9. The first-order chi connectivity index (χ1) is 8.66. The first kappa shape index (κ1) is 11.7. The Bertz CT molecular complexity index is 563. The highest BCUT2D eigenvalue weighted by atomic mass is 19.1. The van der Waals surface area contributed by atoms with E-state index in [2.05, 4.69) is 0 Å². The van der Waals surface area contributed by atoms with E-state index in [1.165, 1.54) is 6.07 Å². The number of ether oxygens (including phenoxy) is 1. The van der Waals surface area contributed by atoms with Gasteiger partial charge in [0.15, 0.2) is 11.4 Å². The van der Waals surface area contributed by atoms with Crippen LogP contribution in [0.3, 0.4) is 0 Å². The molecule has 1 aliphatic rings. The smallest absolute Gasteiger partial charge is 0.170 e. The molecule has 18 heavy (non-hydrogen) atoms. The van der Waals surface area contributed by atoms with Gasteiger partial charge in [0.05, 0.1) is 6.10 Å². The molecule has 4 heteroatoms. The zero-order valence-electron chi connectivity index (χ0n) is 10.1. The van der Waals surface area contributed by atoms with Crippen molar-refractivity contribution in [1.82, 2.24) is 0 Å². The van der Waals surface area contributed by atoms with Crippen molar-refractivity contribution in [2.75, 3.05) is 6.61 Å². The van der Waals surface area contributed by atoms with E-state index in [0.717, 1.165) is 6.42 Å². The normalized spacial score (nSPS) is 25.7. The Balaban J connectivity index is 1.96. The summed E-state index contributed by atoms with van der Waals surface area (Å²) >= 11 is 0. The van der Waals surface area contributed by atoms with E-state index in [1.807, 2.05) is 6.92 Å². The van der Waals surface area contributed by atoms with Gasteiger partial charge >= 0.3 is 0 Å². The predicted octanol–water partition coefficient (Wildman–Crippen LogP) is 3.03. The molecule has 0 spiro atoms. The van der Waals surface area contributed by atoms with Gasteiger partial charge in [-0.05, 0) is 24.5 Å². The number of aliphatic hydroxyl groups excluding tert-OH is 1. The first-order valence-electron chi connectivity index (χ1n) is 6.14. The maximum Gasteiger partial charge on any atom is 0.170 e. The van der Waals surface area contributed by atoms with Gasteiger partial charge in [0, 0.05) is 12.0 Å². The van der Waals surface area contributed by atoms with Crippen molar-refractivity contribution in [3.63, 3.8) is 0 Å². The Morgan fingerprint density at radius 1 is 1.44 bits per heavy atom. The molecule has 1 fully saturated rings. The lowest BCUT2D eigenvalue weighted by molar-refractivity contribution is -0.0271. The first-order valence-corrected chi connectivity index (χ1v) is 6.14. The summed E-state index contributed by atoms with van der Waals surface area (Å²) in [6.07, 6.45) is -0.182. The molecular weight excluding hydrogens is 235 g/mol. The molecule has 3 unspecified atom stereocenters. The predicted molar refractivity (Wildman–Crippen MR) is 64.7 cm³/mol. The van der Waals surface area contributed by atoms with Crippen LogP contribution < -0.4 is 0 Å². The fourth-order valence-corrected chi connectivity index (χ4v) is 2.48. The Labute approximate surface area is 104 Å². The maximum absolute atomic E-state index is 13.5. The summed E-state index contributed by atoms with van der Waals surface area (Å²) < 4.78 is 24.4. The maximum atomic E-state index is 13.5. The number of furan rings is 1. The highest BCUT2D eigenvalue weighted by Gasteiger charge is 2.33. The van der Waals surface area contributed by atoms with Crippen molar-refractivity contribution >= 4 is 11.0 Å². The number of aliphatic hydroxyl groups is 1. The third kappa shape index (κ3) is 1.82. The third-order valence-electron chi connectivity index (χ3n) is 3.56. The molecule has 0 saturated carbocycles. The highest BCUT2D eigenvalue weighted by Crippen LogP contribution is 2.34. The number of hydrogen-bond donors (Lipinski definition) is 1. The van der Waals surface area contributed by atoms with Gasteiger partial charge in [0.25, 0.3) is 0 Å². The van der Waals surface area contributed by atoms with Crippen molar-refractivity contribution in [2.24, 2.45) is 5.92 Å². The zero-order valence-corrected chi connectivity index (χ0v) is 10.1. The van der Waals surface area contributed by atoms with Crippen LogP contribution in [0.5, 0.6) is 0 Å². The van der Waals surface area contributed by atoms with E-state index in [-0.39, 0.29) is 17.6 Å². The number of benzene rings is 1. The van der Waals surface area contributed by atoms with E-state index in [1.54, 1.807) is 18.2 Å². The van der Waals surface area contributed by atoms with E-state index < -0.39 is 11.9 Å². The molecule has 1 aromatic heterocycles. The van der Waals surface area contributed by atoms with Crippen LogP contribution in [-0.2, 0) is 4.74 Å². The molecule has 1 saturated heterocycles. The lowest BCUT2D eigenvalue weighted by atomic mass is 9.98. The van der Waals surface area contributed by atoms with Gasteiger partial charge in [-0.15, -0.1) is 0 Å². The van der Waals surface area contributed by atoms with Crippen LogP contribution in [0, 0.1) is 11.7 Å². The minimum atomic E-state index is -0.839. The van der Waals surface area contributed by atoms with Gasteiger partial charge in [-0.1, -0.05) is 19.1 Å².